The van der Waals surface area contributed by atoms with Gasteiger partial charge in [0.15, 0.2) is 0 Å². The van der Waals surface area contributed by atoms with Crippen LogP contribution in [0.2, 0.25) is 0 Å². The zero-order valence-corrected chi connectivity index (χ0v) is 15.6. The van der Waals surface area contributed by atoms with Gasteiger partial charge in [-0.2, -0.15) is 0 Å². The zero-order chi connectivity index (χ0) is 18.4. The van der Waals surface area contributed by atoms with Gasteiger partial charge in [-0.3, -0.25) is 0 Å². The van der Waals surface area contributed by atoms with Crippen LogP contribution in [0.3, 0.4) is 0 Å². The first kappa shape index (κ1) is 18.2. The minimum Gasteiger partial charge on any atom is -0.388 e. The van der Waals surface area contributed by atoms with E-state index in [0.29, 0.717) is 5.56 Å². The van der Waals surface area contributed by atoms with Gasteiger partial charge in [0.2, 0.25) is 0 Å². The molecule has 0 atom stereocenters. The molecule has 0 amide bonds. The molecule has 0 aliphatic heterocycles. The SMILES string of the molecule is CCCCCc1ccc(-c2ccc(-c3ccc(NC)cc3F)cc2)cc1. The van der Waals surface area contributed by atoms with Gasteiger partial charge in [-0.1, -0.05) is 68.3 Å². The summed E-state index contributed by atoms with van der Waals surface area (Å²) in [5.41, 5.74) is 6.04. The second kappa shape index (κ2) is 8.66. The number of halogens is 1. The minimum atomic E-state index is -0.207. The van der Waals surface area contributed by atoms with Crippen LogP contribution < -0.4 is 5.32 Å². The Morgan fingerprint density at radius 2 is 1.38 bits per heavy atom. The highest BCUT2D eigenvalue weighted by atomic mass is 19.1. The molecule has 0 aliphatic carbocycles. The monoisotopic (exact) mass is 347 g/mol. The molecule has 0 radical (unpaired) electrons. The van der Waals surface area contributed by atoms with E-state index >= 15 is 0 Å². The molecule has 0 aliphatic rings. The summed E-state index contributed by atoms with van der Waals surface area (Å²) in [6, 6.07) is 22.1. The Morgan fingerprint density at radius 1 is 0.769 bits per heavy atom. The largest absolute Gasteiger partial charge is 0.388 e. The molecule has 1 nitrogen and oxygen atoms in total. The first-order valence-electron chi connectivity index (χ1n) is 9.38. The molecule has 0 bridgehead atoms. The molecule has 26 heavy (non-hydrogen) atoms. The number of aryl methyl sites for hydroxylation is 1. The van der Waals surface area contributed by atoms with E-state index in [1.54, 1.807) is 7.05 Å². The van der Waals surface area contributed by atoms with Gasteiger partial charge in [0.05, 0.1) is 0 Å². The van der Waals surface area contributed by atoms with Crippen molar-refractivity contribution in [2.45, 2.75) is 32.6 Å². The average molecular weight is 347 g/mol. The fourth-order valence-electron chi connectivity index (χ4n) is 3.19. The number of benzene rings is 3. The third-order valence-corrected chi connectivity index (χ3v) is 4.81. The molecule has 0 heterocycles. The van der Waals surface area contributed by atoms with E-state index < -0.39 is 0 Å². The van der Waals surface area contributed by atoms with Crippen molar-refractivity contribution in [3.63, 3.8) is 0 Å². The third kappa shape index (κ3) is 4.32. The van der Waals surface area contributed by atoms with Gasteiger partial charge in [0.25, 0.3) is 0 Å². The molecule has 0 fully saturated rings. The van der Waals surface area contributed by atoms with Crippen LogP contribution >= 0.6 is 0 Å². The van der Waals surface area contributed by atoms with Crippen LogP contribution in [0.15, 0.2) is 66.7 Å². The number of unbranched alkanes of at least 4 members (excludes halogenated alkanes) is 2. The highest BCUT2D eigenvalue weighted by Gasteiger charge is 2.06. The number of nitrogens with one attached hydrogen (secondary N) is 1. The van der Waals surface area contributed by atoms with Crippen molar-refractivity contribution in [2.24, 2.45) is 0 Å². The Labute approximate surface area is 155 Å². The van der Waals surface area contributed by atoms with Crippen molar-refractivity contribution in [3.05, 3.63) is 78.1 Å². The first-order chi connectivity index (χ1) is 12.7. The Hall–Kier alpha value is -2.61. The lowest BCUT2D eigenvalue weighted by atomic mass is 9.98. The molecular formula is C24H26FN. The van der Waals surface area contributed by atoms with Gasteiger partial charge in [-0.15, -0.1) is 0 Å². The lowest BCUT2D eigenvalue weighted by Gasteiger charge is -2.08. The number of hydrogen-bond donors (Lipinski definition) is 1. The summed E-state index contributed by atoms with van der Waals surface area (Å²) in [6.45, 7) is 2.23. The average Bonchev–Trinajstić information content (AvgIpc) is 2.69. The van der Waals surface area contributed by atoms with E-state index in [-0.39, 0.29) is 5.82 Å². The summed E-state index contributed by atoms with van der Waals surface area (Å²) in [7, 11) is 1.79. The van der Waals surface area contributed by atoms with Crippen LogP contribution in [0.25, 0.3) is 22.3 Å². The first-order valence-corrected chi connectivity index (χ1v) is 9.38. The maximum Gasteiger partial charge on any atom is 0.133 e. The zero-order valence-electron chi connectivity index (χ0n) is 15.6. The van der Waals surface area contributed by atoms with Crippen molar-refractivity contribution in [1.82, 2.24) is 0 Å². The number of anilines is 1. The van der Waals surface area contributed by atoms with Gasteiger partial charge in [-0.25, -0.2) is 4.39 Å². The third-order valence-electron chi connectivity index (χ3n) is 4.81. The predicted octanol–water partition coefficient (Wildman–Crippen LogP) is 6.93. The summed E-state index contributed by atoms with van der Waals surface area (Å²) in [5, 5.41) is 2.96. The molecule has 0 spiro atoms. The van der Waals surface area contributed by atoms with Crippen molar-refractivity contribution in [3.8, 4) is 22.3 Å². The molecule has 0 unspecified atom stereocenters. The summed E-state index contributed by atoms with van der Waals surface area (Å²) in [6.07, 6.45) is 4.94. The van der Waals surface area contributed by atoms with E-state index in [0.717, 1.165) is 23.2 Å². The van der Waals surface area contributed by atoms with Crippen LogP contribution in [0.5, 0.6) is 0 Å². The highest BCUT2D eigenvalue weighted by molar-refractivity contribution is 5.72. The standard InChI is InChI=1S/C24H26FN/c1-3-4-5-6-18-7-9-19(10-8-18)20-11-13-21(14-12-20)23-16-15-22(26-2)17-24(23)25/h7-17,26H,3-6H2,1-2H3. The van der Waals surface area contributed by atoms with Crippen LogP contribution in [0.1, 0.15) is 31.7 Å². The van der Waals surface area contributed by atoms with E-state index in [1.807, 2.05) is 24.3 Å². The Kier molecular flexibility index (Phi) is 6.06. The normalized spacial score (nSPS) is 10.7. The smallest absolute Gasteiger partial charge is 0.133 e. The highest BCUT2D eigenvalue weighted by Crippen LogP contribution is 2.28. The molecule has 3 aromatic rings. The number of hydrogen-bond acceptors (Lipinski definition) is 1. The quantitative estimate of drug-likeness (QED) is 0.457. The van der Waals surface area contributed by atoms with Crippen LogP contribution in [-0.2, 0) is 6.42 Å². The predicted molar refractivity (Wildman–Crippen MR) is 110 cm³/mol. The lowest BCUT2D eigenvalue weighted by Crippen LogP contribution is -1.91. The van der Waals surface area contributed by atoms with Crippen molar-refractivity contribution in [2.75, 3.05) is 12.4 Å². The van der Waals surface area contributed by atoms with Gasteiger partial charge >= 0.3 is 0 Å². The topological polar surface area (TPSA) is 12.0 Å². The second-order valence-corrected chi connectivity index (χ2v) is 6.68. The Bertz CT molecular complexity index is 835. The van der Waals surface area contributed by atoms with Crippen molar-refractivity contribution in [1.29, 1.82) is 0 Å². The Morgan fingerprint density at radius 3 is 1.96 bits per heavy atom. The fraction of sp³-hybridized carbons (Fsp3) is 0.250. The fourth-order valence-corrected chi connectivity index (χ4v) is 3.19. The Balaban J connectivity index is 1.75. The van der Waals surface area contributed by atoms with Gasteiger partial charge in [0.1, 0.15) is 5.82 Å². The van der Waals surface area contributed by atoms with E-state index in [4.69, 9.17) is 0 Å². The molecule has 3 aromatic carbocycles. The van der Waals surface area contributed by atoms with E-state index in [1.165, 1.54) is 36.5 Å². The summed E-state index contributed by atoms with van der Waals surface area (Å²) < 4.78 is 14.3. The van der Waals surface area contributed by atoms with Crippen molar-refractivity contribution < 1.29 is 4.39 Å². The number of rotatable bonds is 7. The van der Waals surface area contributed by atoms with E-state index in [9.17, 15) is 4.39 Å². The summed E-state index contributed by atoms with van der Waals surface area (Å²) in [4.78, 5) is 0. The molecule has 2 heteroatoms. The molecule has 134 valence electrons. The van der Waals surface area contributed by atoms with Gasteiger partial charge < -0.3 is 5.32 Å². The van der Waals surface area contributed by atoms with Gasteiger partial charge in [-0.05, 0) is 53.3 Å². The van der Waals surface area contributed by atoms with E-state index in [2.05, 4.69) is 48.6 Å². The van der Waals surface area contributed by atoms with Gasteiger partial charge in [0, 0.05) is 18.3 Å². The minimum absolute atomic E-state index is 0.207. The summed E-state index contributed by atoms with van der Waals surface area (Å²) >= 11 is 0. The molecule has 0 saturated heterocycles. The van der Waals surface area contributed by atoms with Crippen LogP contribution in [0.4, 0.5) is 10.1 Å². The molecule has 0 saturated carbocycles. The molecule has 0 aromatic heterocycles. The molecule has 1 N–H and O–H groups in total. The van der Waals surface area contributed by atoms with Crippen LogP contribution in [0, 0.1) is 5.82 Å². The van der Waals surface area contributed by atoms with Crippen molar-refractivity contribution >= 4 is 5.69 Å². The van der Waals surface area contributed by atoms with Crippen LogP contribution in [-0.4, -0.2) is 7.05 Å². The maximum absolute atomic E-state index is 14.3. The maximum atomic E-state index is 14.3. The summed E-state index contributed by atoms with van der Waals surface area (Å²) in [5.74, 6) is -0.207. The second-order valence-electron chi connectivity index (χ2n) is 6.68. The lowest BCUT2D eigenvalue weighted by molar-refractivity contribution is 0.632. The molecular weight excluding hydrogens is 321 g/mol. The molecule has 3 rings (SSSR count).